The summed E-state index contributed by atoms with van der Waals surface area (Å²) < 4.78 is 22.1. The zero-order chi connectivity index (χ0) is 21.5. The van der Waals surface area contributed by atoms with E-state index in [9.17, 15) is 0 Å². The van der Waals surface area contributed by atoms with Crippen LogP contribution < -0.4 is 20.7 Å². The van der Waals surface area contributed by atoms with Gasteiger partial charge in [-0.2, -0.15) is 9.97 Å². The molecule has 1 aliphatic rings. The van der Waals surface area contributed by atoms with Crippen LogP contribution in [-0.4, -0.2) is 48.2 Å². The number of benzene rings is 2. The van der Waals surface area contributed by atoms with E-state index >= 15 is 4.39 Å². The second-order valence-corrected chi connectivity index (χ2v) is 8.74. The summed E-state index contributed by atoms with van der Waals surface area (Å²) in [6.07, 6.45) is 0.954. The van der Waals surface area contributed by atoms with Gasteiger partial charge in [-0.05, 0) is 25.1 Å². The highest BCUT2D eigenvalue weighted by Crippen LogP contribution is 2.41. The highest BCUT2D eigenvalue weighted by atomic mass is 35.5. The van der Waals surface area contributed by atoms with Crippen LogP contribution in [0.5, 0.6) is 6.01 Å². The summed E-state index contributed by atoms with van der Waals surface area (Å²) in [6.45, 7) is 3.28. The molecule has 0 spiro atoms. The van der Waals surface area contributed by atoms with Crippen LogP contribution in [0.25, 0.3) is 32.2 Å². The molecule has 160 valence electrons. The van der Waals surface area contributed by atoms with Gasteiger partial charge in [0.2, 0.25) is 0 Å². The maximum Gasteiger partial charge on any atom is 0.318 e. The molecule has 0 unspecified atom stereocenters. The Morgan fingerprint density at radius 1 is 1.19 bits per heavy atom. The quantitative estimate of drug-likeness (QED) is 0.478. The zero-order valence-corrected chi connectivity index (χ0v) is 18.4. The van der Waals surface area contributed by atoms with Crippen LogP contribution in [0.1, 0.15) is 6.42 Å². The van der Waals surface area contributed by atoms with Crippen molar-refractivity contribution in [2.45, 2.75) is 6.42 Å². The van der Waals surface area contributed by atoms with Crippen LogP contribution in [0, 0.1) is 5.82 Å². The van der Waals surface area contributed by atoms with E-state index in [1.807, 2.05) is 12.1 Å². The van der Waals surface area contributed by atoms with E-state index in [1.54, 1.807) is 12.1 Å². The Bertz CT molecular complexity index is 1290. The molecule has 31 heavy (non-hydrogen) atoms. The number of rotatable bonds is 3. The van der Waals surface area contributed by atoms with Crippen molar-refractivity contribution >= 4 is 55.0 Å². The monoisotopic (exact) mass is 458 g/mol. The molecule has 4 aromatic rings. The molecule has 0 atom stereocenters. The lowest BCUT2D eigenvalue weighted by molar-refractivity contribution is 0.381. The second-order valence-electron chi connectivity index (χ2n) is 7.27. The van der Waals surface area contributed by atoms with Gasteiger partial charge in [0.05, 0.1) is 22.3 Å². The number of nitrogen functional groups attached to an aromatic ring is 1. The topological polar surface area (TPSA) is 89.2 Å². The summed E-state index contributed by atoms with van der Waals surface area (Å²) in [4.78, 5) is 15.4. The summed E-state index contributed by atoms with van der Waals surface area (Å²) in [5, 5.41) is 4.61. The number of nitrogens with one attached hydrogen (secondary N) is 1. The molecular formula is C21H20ClFN6OS. The van der Waals surface area contributed by atoms with Crippen LogP contribution in [0.3, 0.4) is 0 Å². The molecule has 2 aromatic carbocycles. The van der Waals surface area contributed by atoms with Crippen molar-refractivity contribution in [3.8, 4) is 17.1 Å². The number of aromatic nitrogens is 3. The molecule has 2 aromatic heterocycles. The Labute approximate surface area is 187 Å². The lowest BCUT2D eigenvalue weighted by atomic mass is 10.0. The number of nitrogens with two attached hydrogens (primary N) is 1. The summed E-state index contributed by atoms with van der Waals surface area (Å²) in [6, 6.07) is 7.37. The van der Waals surface area contributed by atoms with Gasteiger partial charge in [-0.25, -0.2) is 9.37 Å². The highest BCUT2D eigenvalue weighted by Gasteiger charge is 2.24. The van der Waals surface area contributed by atoms with Crippen molar-refractivity contribution in [2.24, 2.45) is 0 Å². The second kappa shape index (κ2) is 8.07. The number of hydrogen-bond acceptors (Lipinski definition) is 8. The fraction of sp³-hybridized carbons (Fsp3) is 0.286. The third kappa shape index (κ3) is 3.52. The summed E-state index contributed by atoms with van der Waals surface area (Å²) >= 11 is 8.00. The van der Waals surface area contributed by atoms with E-state index < -0.39 is 5.82 Å². The molecular weight excluding hydrogens is 439 g/mol. The smallest absolute Gasteiger partial charge is 0.318 e. The number of methoxy groups -OCH3 is 1. The SMILES string of the molecule is COc1nc(N2CCCNCC2)c2cc(Cl)c(-c3cccc4sc(N)nc34)c(F)c2n1. The number of nitrogens with zero attached hydrogens (tertiary/aromatic N) is 4. The normalized spacial score (nSPS) is 14.9. The first-order chi connectivity index (χ1) is 15.1. The molecule has 0 saturated carbocycles. The Hall–Kier alpha value is -2.75. The van der Waals surface area contributed by atoms with Crippen molar-refractivity contribution in [1.29, 1.82) is 0 Å². The Balaban J connectivity index is 1.77. The van der Waals surface area contributed by atoms with Crippen LogP contribution in [0.2, 0.25) is 5.02 Å². The van der Waals surface area contributed by atoms with Gasteiger partial charge >= 0.3 is 6.01 Å². The van der Waals surface area contributed by atoms with Crippen LogP contribution in [0.4, 0.5) is 15.3 Å². The molecule has 3 N–H and O–H groups in total. The van der Waals surface area contributed by atoms with Crippen molar-refractivity contribution in [2.75, 3.05) is 43.9 Å². The Morgan fingerprint density at radius 3 is 2.90 bits per heavy atom. The zero-order valence-electron chi connectivity index (χ0n) is 16.8. The van der Waals surface area contributed by atoms with Crippen molar-refractivity contribution in [3.05, 3.63) is 35.1 Å². The molecule has 10 heteroatoms. The molecule has 0 radical (unpaired) electrons. The van der Waals surface area contributed by atoms with E-state index in [1.165, 1.54) is 18.4 Å². The molecule has 0 bridgehead atoms. The molecule has 3 heterocycles. The van der Waals surface area contributed by atoms with Crippen molar-refractivity contribution < 1.29 is 9.13 Å². The lowest BCUT2D eigenvalue weighted by Crippen LogP contribution is -2.29. The van der Waals surface area contributed by atoms with Gasteiger partial charge in [0.1, 0.15) is 11.3 Å². The molecule has 0 aliphatic carbocycles. The van der Waals surface area contributed by atoms with Crippen molar-refractivity contribution in [1.82, 2.24) is 20.3 Å². The van der Waals surface area contributed by atoms with Gasteiger partial charge in [-0.15, -0.1) is 0 Å². The number of fused-ring (bicyclic) bond motifs is 2. The van der Waals surface area contributed by atoms with Gasteiger partial charge in [-0.1, -0.05) is 35.1 Å². The highest BCUT2D eigenvalue weighted by molar-refractivity contribution is 7.22. The maximum atomic E-state index is 16.0. The number of para-hydroxylation sites is 1. The minimum Gasteiger partial charge on any atom is -0.467 e. The molecule has 0 amide bonds. The molecule has 7 nitrogen and oxygen atoms in total. The Kier molecular flexibility index (Phi) is 5.25. The Morgan fingerprint density at radius 2 is 2.06 bits per heavy atom. The number of hydrogen-bond donors (Lipinski definition) is 2. The number of thiazole rings is 1. The minimum absolute atomic E-state index is 0.114. The fourth-order valence-electron chi connectivity index (χ4n) is 3.96. The van der Waals surface area contributed by atoms with Crippen molar-refractivity contribution in [3.63, 3.8) is 0 Å². The number of halogens is 2. The molecule has 1 aliphatic heterocycles. The first-order valence-corrected chi connectivity index (χ1v) is 11.1. The van der Waals surface area contributed by atoms with E-state index in [0.29, 0.717) is 27.4 Å². The number of anilines is 2. The van der Waals surface area contributed by atoms with Gasteiger partial charge in [0.15, 0.2) is 10.9 Å². The molecule has 1 saturated heterocycles. The summed E-state index contributed by atoms with van der Waals surface area (Å²) in [5.74, 6) is 0.0884. The third-order valence-corrected chi connectivity index (χ3v) is 6.52. The van der Waals surface area contributed by atoms with Gasteiger partial charge in [-0.3, -0.25) is 0 Å². The largest absolute Gasteiger partial charge is 0.467 e. The maximum absolute atomic E-state index is 16.0. The van der Waals surface area contributed by atoms with Gasteiger partial charge < -0.3 is 20.7 Å². The number of ether oxygens (including phenoxy) is 1. The standard InChI is InChI=1S/C21H20ClFN6OS/c1-30-21-27-18-12(19(28-21)29-8-3-6-25-7-9-29)10-13(22)15(16(18)23)11-4-2-5-14-17(11)26-20(24)31-14/h2,4-5,10,25H,3,6-9H2,1H3,(H2,24,26). The predicted molar refractivity (Wildman–Crippen MR) is 124 cm³/mol. The van der Waals surface area contributed by atoms with Gasteiger partial charge in [0, 0.05) is 36.1 Å². The summed E-state index contributed by atoms with van der Waals surface area (Å²) in [5.41, 5.74) is 7.49. The van der Waals surface area contributed by atoms with Gasteiger partial charge in [0.25, 0.3) is 0 Å². The van der Waals surface area contributed by atoms with E-state index in [0.717, 1.165) is 37.3 Å². The van der Waals surface area contributed by atoms with E-state index in [2.05, 4.69) is 25.2 Å². The van der Waals surface area contributed by atoms with E-state index in [-0.39, 0.29) is 22.1 Å². The average molecular weight is 459 g/mol. The predicted octanol–water partition coefficient (Wildman–Crippen LogP) is 4.09. The third-order valence-electron chi connectivity index (χ3n) is 5.37. The average Bonchev–Trinajstić information content (AvgIpc) is 2.96. The van der Waals surface area contributed by atoms with Crippen LogP contribution >= 0.6 is 22.9 Å². The van der Waals surface area contributed by atoms with Crippen LogP contribution in [0.15, 0.2) is 24.3 Å². The first-order valence-electron chi connectivity index (χ1n) is 9.91. The fourth-order valence-corrected chi connectivity index (χ4v) is 5.02. The summed E-state index contributed by atoms with van der Waals surface area (Å²) in [7, 11) is 1.47. The minimum atomic E-state index is -0.531. The molecule has 5 rings (SSSR count). The van der Waals surface area contributed by atoms with Crippen LogP contribution in [-0.2, 0) is 0 Å². The first kappa shape index (κ1) is 20.2. The molecule has 1 fully saturated rings. The van der Waals surface area contributed by atoms with E-state index in [4.69, 9.17) is 22.1 Å². The lowest BCUT2D eigenvalue weighted by Gasteiger charge is -2.23.